The molecule has 0 radical (unpaired) electrons. The van der Waals surface area contributed by atoms with E-state index in [-0.39, 0.29) is 0 Å². The van der Waals surface area contributed by atoms with Gasteiger partial charge in [0.1, 0.15) is 5.37 Å². The topological polar surface area (TPSA) is 24.4 Å². The first-order chi connectivity index (χ1) is 4.97. The van der Waals surface area contributed by atoms with Gasteiger partial charge in [-0.2, -0.15) is 0 Å². The third-order valence-electron chi connectivity index (χ3n) is 1.41. The number of nitrogens with one attached hydrogen (secondary N) is 1. The van der Waals surface area contributed by atoms with Crippen molar-refractivity contribution in [3.05, 3.63) is 11.1 Å². The highest BCUT2D eigenvalue weighted by atomic mass is 32.2. The molecule has 0 aromatic rings. The van der Waals surface area contributed by atoms with E-state index in [2.05, 4.69) is 15.7 Å². The molecule has 0 aliphatic carbocycles. The lowest BCUT2D eigenvalue weighted by atomic mass is 10.5. The zero-order valence-electron chi connectivity index (χ0n) is 5.41. The number of thioether (sulfide) groups is 2. The van der Waals surface area contributed by atoms with Crippen LogP contribution in [0.25, 0.3) is 0 Å². The van der Waals surface area contributed by atoms with Gasteiger partial charge < -0.3 is 5.32 Å². The molecule has 0 saturated carbocycles. The highest BCUT2D eigenvalue weighted by Crippen LogP contribution is 2.27. The van der Waals surface area contributed by atoms with Crippen LogP contribution in [0.3, 0.4) is 0 Å². The zero-order chi connectivity index (χ0) is 6.81. The van der Waals surface area contributed by atoms with E-state index in [0.717, 1.165) is 11.6 Å². The fourth-order valence-electron chi connectivity index (χ4n) is 0.930. The van der Waals surface area contributed by atoms with Crippen molar-refractivity contribution in [3.63, 3.8) is 0 Å². The Morgan fingerprint density at radius 3 is 3.30 bits per heavy atom. The van der Waals surface area contributed by atoms with Crippen molar-refractivity contribution in [1.82, 2.24) is 5.32 Å². The molecule has 0 bridgehead atoms. The average Bonchev–Trinajstić information content (AvgIpc) is 2.59. The summed E-state index contributed by atoms with van der Waals surface area (Å²) in [4.78, 5) is 4.31. The van der Waals surface area contributed by atoms with Crippen LogP contribution in [-0.2, 0) is 0 Å². The Balaban J connectivity index is 2.04. The minimum absolute atomic E-state index is 0.370. The van der Waals surface area contributed by atoms with Gasteiger partial charge in [0.25, 0.3) is 0 Å². The second-order valence-electron chi connectivity index (χ2n) is 2.08. The van der Waals surface area contributed by atoms with E-state index in [1.54, 1.807) is 0 Å². The lowest BCUT2D eigenvalue weighted by molar-refractivity contribution is 0.898. The first kappa shape index (κ1) is 6.61. The van der Waals surface area contributed by atoms with Gasteiger partial charge in [0.05, 0.1) is 11.6 Å². The normalized spacial score (nSPS) is 30.4. The highest BCUT2D eigenvalue weighted by Gasteiger charge is 2.18. The summed E-state index contributed by atoms with van der Waals surface area (Å²) in [5.74, 6) is 2.08. The molecule has 0 spiro atoms. The monoisotopic (exact) mass is 172 g/mol. The van der Waals surface area contributed by atoms with Gasteiger partial charge >= 0.3 is 0 Å². The van der Waals surface area contributed by atoms with Gasteiger partial charge in [-0.05, 0) is 5.41 Å². The summed E-state index contributed by atoms with van der Waals surface area (Å²) >= 11 is 3.68. The lowest BCUT2D eigenvalue weighted by Crippen LogP contribution is -2.14. The van der Waals surface area contributed by atoms with Crippen molar-refractivity contribution in [2.24, 2.45) is 4.99 Å². The molecule has 4 heteroatoms. The van der Waals surface area contributed by atoms with Gasteiger partial charge in [-0.3, -0.25) is 4.99 Å². The molecule has 2 nitrogen and oxygen atoms in total. The maximum atomic E-state index is 4.31. The molecule has 2 aliphatic heterocycles. The molecule has 0 aromatic carbocycles. The Morgan fingerprint density at radius 1 is 1.70 bits per heavy atom. The summed E-state index contributed by atoms with van der Waals surface area (Å²) in [6, 6.07) is 0. The average molecular weight is 172 g/mol. The largest absolute Gasteiger partial charge is 0.376 e. The van der Waals surface area contributed by atoms with Crippen LogP contribution < -0.4 is 5.32 Å². The fourth-order valence-corrected chi connectivity index (χ4v) is 2.60. The predicted molar refractivity (Wildman–Crippen MR) is 48.4 cm³/mol. The molecule has 0 fully saturated rings. The van der Waals surface area contributed by atoms with Crippen LogP contribution in [-0.4, -0.2) is 23.2 Å². The van der Waals surface area contributed by atoms with Crippen molar-refractivity contribution in [1.29, 1.82) is 0 Å². The molecule has 0 amide bonds. The zero-order valence-corrected chi connectivity index (χ0v) is 7.04. The Kier molecular flexibility index (Phi) is 1.90. The Morgan fingerprint density at radius 2 is 2.70 bits per heavy atom. The molecule has 2 aliphatic rings. The summed E-state index contributed by atoms with van der Waals surface area (Å²) in [6.45, 7) is 0. The summed E-state index contributed by atoms with van der Waals surface area (Å²) in [7, 11) is 0. The van der Waals surface area contributed by atoms with E-state index < -0.39 is 0 Å². The standard InChI is InChI=1S/C6H8N2S2/c1-2-10-6(7-1)5-3-9-4-8-5/h1,3,6,8H,2,4H2. The van der Waals surface area contributed by atoms with E-state index in [1.807, 2.05) is 29.7 Å². The Hall–Kier alpha value is -0.0900. The molecule has 0 saturated heterocycles. The molecule has 2 heterocycles. The summed E-state index contributed by atoms with van der Waals surface area (Å²) < 4.78 is 0. The first-order valence-electron chi connectivity index (χ1n) is 3.15. The molecular weight excluding hydrogens is 164 g/mol. The van der Waals surface area contributed by atoms with Crippen molar-refractivity contribution in [2.45, 2.75) is 5.37 Å². The van der Waals surface area contributed by atoms with E-state index >= 15 is 0 Å². The van der Waals surface area contributed by atoms with Crippen LogP contribution >= 0.6 is 23.5 Å². The first-order valence-corrected chi connectivity index (χ1v) is 5.25. The quantitative estimate of drug-likeness (QED) is 0.644. The second-order valence-corrected chi connectivity index (χ2v) is 4.05. The van der Waals surface area contributed by atoms with Crippen molar-refractivity contribution >= 4 is 29.7 Å². The van der Waals surface area contributed by atoms with Crippen LogP contribution in [0, 0.1) is 0 Å². The number of rotatable bonds is 1. The SMILES string of the molecule is C1=NC(C2=CSCN2)SC1. The molecular formula is C6H8N2S2. The smallest absolute Gasteiger partial charge is 0.135 e. The summed E-state index contributed by atoms with van der Waals surface area (Å²) in [5.41, 5.74) is 1.28. The van der Waals surface area contributed by atoms with E-state index in [9.17, 15) is 0 Å². The van der Waals surface area contributed by atoms with Crippen LogP contribution in [0.4, 0.5) is 0 Å². The maximum Gasteiger partial charge on any atom is 0.135 e. The maximum absolute atomic E-state index is 4.31. The molecule has 10 heavy (non-hydrogen) atoms. The molecule has 2 rings (SSSR count). The fraction of sp³-hybridized carbons (Fsp3) is 0.500. The second kappa shape index (κ2) is 2.88. The van der Waals surface area contributed by atoms with Crippen LogP contribution in [0.5, 0.6) is 0 Å². The lowest BCUT2D eigenvalue weighted by Gasteiger charge is -2.06. The summed E-state index contributed by atoms with van der Waals surface area (Å²) in [5, 5.41) is 5.83. The molecule has 54 valence electrons. The third-order valence-corrected chi connectivity index (χ3v) is 3.17. The van der Waals surface area contributed by atoms with Crippen LogP contribution in [0.15, 0.2) is 16.1 Å². The summed E-state index contributed by atoms with van der Waals surface area (Å²) in [6.07, 6.45) is 1.99. The molecule has 1 atom stereocenters. The number of hydrogen-bond donors (Lipinski definition) is 1. The van der Waals surface area contributed by atoms with Gasteiger partial charge in [-0.15, -0.1) is 23.5 Å². The highest BCUT2D eigenvalue weighted by molar-refractivity contribution is 8.02. The van der Waals surface area contributed by atoms with Gasteiger partial charge in [0.15, 0.2) is 0 Å². The van der Waals surface area contributed by atoms with E-state index in [0.29, 0.717) is 5.37 Å². The Labute approximate surface area is 68.6 Å². The number of aliphatic imine (C=N–C) groups is 1. The van der Waals surface area contributed by atoms with Gasteiger partial charge in [0.2, 0.25) is 0 Å². The molecule has 1 unspecified atom stereocenters. The molecule has 1 N–H and O–H groups in total. The predicted octanol–water partition coefficient (Wildman–Crippen LogP) is 1.27. The van der Waals surface area contributed by atoms with E-state index in [1.165, 1.54) is 5.70 Å². The van der Waals surface area contributed by atoms with Crippen molar-refractivity contribution in [2.75, 3.05) is 11.6 Å². The van der Waals surface area contributed by atoms with E-state index in [4.69, 9.17) is 0 Å². The number of hydrogen-bond acceptors (Lipinski definition) is 4. The van der Waals surface area contributed by atoms with Gasteiger partial charge in [-0.25, -0.2) is 0 Å². The minimum Gasteiger partial charge on any atom is -0.376 e. The van der Waals surface area contributed by atoms with Gasteiger partial charge in [0, 0.05) is 12.0 Å². The minimum atomic E-state index is 0.370. The van der Waals surface area contributed by atoms with Crippen LogP contribution in [0.1, 0.15) is 0 Å². The van der Waals surface area contributed by atoms with Crippen molar-refractivity contribution in [3.8, 4) is 0 Å². The number of nitrogens with zero attached hydrogens (tertiary/aromatic N) is 1. The van der Waals surface area contributed by atoms with Crippen molar-refractivity contribution < 1.29 is 0 Å². The molecule has 0 aromatic heterocycles. The Bertz CT molecular complexity index is 188. The van der Waals surface area contributed by atoms with Gasteiger partial charge in [-0.1, -0.05) is 0 Å². The van der Waals surface area contributed by atoms with Crippen LogP contribution in [0.2, 0.25) is 0 Å². The third kappa shape index (κ3) is 1.18.